The molecule has 0 aliphatic heterocycles. The van der Waals surface area contributed by atoms with Crippen LogP contribution in [0.1, 0.15) is 17.9 Å². The van der Waals surface area contributed by atoms with E-state index in [4.69, 9.17) is 4.42 Å². The molecule has 0 unspecified atom stereocenters. The van der Waals surface area contributed by atoms with E-state index >= 15 is 0 Å². The molecule has 0 aliphatic carbocycles. The van der Waals surface area contributed by atoms with E-state index in [1.54, 1.807) is 6.20 Å². The van der Waals surface area contributed by atoms with Crippen molar-refractivity contribution in [1.82, 2.24) is 15.2 Å². The summed E-state index contributed by atoms with van der Waals surface area (Å²) in [4.78, 5) is 16.7. The molecule has 0 bridgehead atoms. The standard InChI is InChI=1S/C21H18N4O2/c1-14-7-9-16(10-8-14)21-25-24-19(27-21)12-11-18(26)23-17-6-2-4-15-5-3-13-22-20(15)17/h2-10,13H,11-12H2,1H3,(H,23,26). The van der Waals surface area contributed by atoms with Crippen LogP contribution in [0.5, 0.6) is 0 Å². The van der Waals surface area contributed by atoms with Crippen LogP contribution in [0.25, 0.3) is 22.4 Å². The van der Waals surface area contributed by atoms with Crippen LogP contribution >= 0.6 is 0 Å². The molecule has 2 heterocycles. The quantitative estimate of drug-likeness (QED) is 0.579. The summed E-state index contributed by atoms with van der Waals surface area (Å²) in [5.41, 5.74) is 3.50. The lowest BCUT2D eigenvalue weighted by Crippen LogP contribution is -2.13. The van der Waals surface area contributed by atoms with Gasteiger partial charge in [-0.25, -0.2) is 0 Å². The Labute approximate surface area is 156 Å². The van der Waals surface area contributed by atoms with Crippen LogP contribution in [0.2, 0.25) is 0 Å². The second kappa shape index (κ2) is 7.37. The van der Waals surface area contributed by atoms with Crippen LogP contribution in [0.15, 0.2) is 65.2 Å². The highest BCUT2D eigenvalue weighted by molar-refractivity contribution is 6.00. The molecule has 4 aromatic rings. The highest BCUT2D eigenvalue weighted by Gasteiger charge is 2.12. The van der Waals surface area contributed by atoms with Gasteiger partial charge < -0.3 is 9.73 Å². The molecule has 6 heteroatoms. The molecule has 4 rings (SSSR count). The van der Waals surface area contributed by atoms with E-state index < -0.39 is 0 Å². The number of aromatic nitrogens is 3. The molecule has 2 aromatic heterocycles. The molecule has 1 amide bonds. The fraction of sp³-hybridized carbons (Fsp3) is 0.143. The average Bonchev–Trinajstić information content (AvgIpc) is 3.16. The number of aryl methyl sites for hydroxylation is 2. The number of benzene rings is 2. The minimum absolute atomic E-state index is 0.122. The third-order valence-electron chi connectivity index (χ3n) is 4.24. The minimum atomic E-state index is -0.122. The van der Waals surface area contributed by atoms with Crippen LogP contribution in [0.3, 0.4) is 0 Å². The number of rotatable bonds is 5. The van der Waals surface area contributed by atoms with E-state index in [9.17, 15) is 4.79 Å². The van der Waals surface area contributed by atoms with Crippen molar-refractivity contribution in [3.05, 3.63) is 72.2 Å². The zero-order chi connectivity index (χ0) is 18.6. The van der Waals surface area contributed by atoms with Gasteiger partial charge in [0.1, 0.15) is 0 Å². The minimum Gasteiger partial charge on any atom is -0.421 e. The van der Waals surface area contributed by atoms with Crippen LogP contribution in [0.4, 0.5) is 5.69 Å². The second-order valence-electron chi connectivity index (χ2n) is 6.30. The highest BCUT2D eigenvalue weighted by Crippen LogP contribution is 2.21. The topological polar surface area (TPSA) is 80.9 Å². The maximum atomic E-state index is 12.3. The van der Waals surface area contributed by atoms with Crippen LogP contribution in [0, 0.1) is 6.92 Å². The number of pyridine rings is 1. The summed E-state index contributed by atoms with van der Waals surface area (Å²) in [6, 6.07) is 17.4. The smallest absolute Gasteiger partial charge is 0.247 e. The SMILES string of the molecule is Cc1ccc(-c2nnc(CCC(=O)Nc3cccc4cccnc34)o2)cc1. The van der Waals surface area contributed by atoms with Crippen LogP contribution < -0.4 is 5.32 Å². The maximum absolute atomic E-state index is 12.3. The summed E-state index contributed by atoms with van der Waals surface area (Å²) in [6.45, 7) is 2.02. The van der Waals surface area contributed by atoms with Gasteiger partial charge in [0.25, 0.3) is 0 Å². The number of nitrogens with zero attached hydrogens (tertiary/aromatic N) is 3. The number of carbonyl (C=O) groups is 1. The summed E-state index contributed by atoms with van der Waals surface area (Å²) in [5.74, 6) is 0.781. The molecular formula is C21H18N4O2. The summed E-state index contributed by atoms with van der Waals surface area (Å²) < 4.78 is 5.67. The number of amides is 1. The van der Waals surface area contributed by atoms with E-state index in [1.807, 2.05) is 61.5 Å². The van der Waals surface area contributed by atoms with Gasteiger partial charge in [0.15, 0.2) is 0 Å². The largest absolute Gasteiger partial charge is 0.421 e. The lowest BCUT2D eigenvalue weighted by atomic mass is 10.1. The molecule has 0 saturated carbocycles. The van der Waals surface area contributed by atoms with Gasteiger partial charge in [0, 0.05) is 30.0 Å². The lowest BCUT2D eigenvalue weighted by molar-refractivity contribution is -0.116. The second-order valence-corrected chi connectivity index (χ2v) is 6.30. The van der Waals surface area contributed by atoms with Crippen molar-refractivity contribution in [3.63, 3.8) is 0 Å². The zero-order valence-corrected chi connectivity index (χ0v) is 14.8. The molecule has 0 radical (unpaired) electrons. The summed E-state index contributed by atoms with van der Waals surface area (Å²) in [7, 11) is 0. The Morgan fingerprint density at radius 2 is 1.85 bits per heavy atom. The number of hydrogen-bond acceptors (Lipinski definition) is 5. The fourth-order valence-corrected chi connectivity index (χ4v) is 2.81. The van der Waals surface area contributed by atoms with Gasteiger partial charge in [-0.15, -0.1) is 10.2 Å². The zero-order valence-electron chi connectivity index (χ0n) is 14.8. The molecule has 0 aliphatic rings. The van der Waals surface area contributed by atoms with Crippen molar-refractivity contribution in [1.29, 1.82) is 0 Å². The summed E-state index contributed by atoms with van der Waals surface area (Å²) in [5, 5.41) is 12.0. The normalized spacial score (nSPS) is 10.9. The van der Waals surface area contributed by atoms with Crippen LogP contribution in [-0.2, 0) is 11.2 Å². The predicted molar refractivity (Wildman–Crippen MR) is 103 cm³/mol. The van der Waals surface area contributed by atoms with Gasteiger partial charge in [-0.2, -0.15) is 0 Å². The Balaban J connectivity index is 1.40. The van der Waals surface area contributed by atoms with E-state index in [2.05, 4.69) is 20.5 Å². The van der Waals surface area contributed by atoms with Gasteiger partial charge >= 0.3 is 0 Å². The van der Waals surface area contributed by atoms with Crippen molar-refractivity contribution < 1.29 is 9.21 Å². The number of para-hydroxylation sites is 1. The van der Waals surface area contributed by atoms with E-state index in [-0.39, 0.29) is 12.3 Å². The number of anilines is 1. The number of carbonyl (C=O) groups excluding carboxylic acids is 1. The summed E-state index contributed by atoms with van der Waals surface area (Å²) >= 11 is 0. The molecule has 0 atom stereocenters. The van der Waals surface area contributed by atoms with Crippen molar-refractivity contribution in [2.24, 2.45) is 0 Å². The fourth-order valence-electron chi connectivity index (χ4n) is 2.81. The van der Waals surface area contributed by atoms with Crippen molar-refractivity contribution >= 4 is 22.5 Å². The Bertz CT molecular complexity index is 1080. The molecule has 27 heavy (non-hydrogen) atoms. The Morgan fingerprint density at radius 1 is 1.04 bits per heavy atom. The van der Waals surface area contributed by atoms with Crippen molar-refractivity contribution in [2.45, 2.75) is 19.8 Å². The Hall–Kier alpha value is -3.54. The van der Waals surface area contributed by atoms with Crippen molar-refractivity contribution in [3.8, 4) is 11.5 Å². The average molecular weight is 358 g/mol. The molecular weight excluding hydrogens is 340 g/mol. The molecule has 0 saturated heterocycles. The number of fused-ring (bicyclic) bond motifs is 1. The third-order valence-corrected chi connectivity index (χ3v) is 4.24. The molecule has 0 fully saturated rings. The van der Waals surface area contributed by atoms with Gasteiger partial charge in [0.05, 0.1) is 11.2 Å². The maximum Gasteiger partial charge on any atom is 0.247 e. The van der Waals surface area contributed by atoms with E-state index in [1.165, 1.54) is 0 Å². The molecule has 6 nitrogen and oxygen atoms in total. The third kappa shape index (κ3) is 3.84. The van der Waals surface area contributed by atoms with Gasteiger partial charge in [0.2, 0.25) is 17.7 Å². The van der Waals surface area contributed by atoms with Crippen LogP contribution in [-0.4, -0.2) is 21.1 Å². The number of hydrogen-bond donors (Lipinski definition) is 1. The molecule has 2 aromatic carbocycles. The highest BCUT2D eigenvalue weighted by atomic mass is 16.4. The first-order valence-electron chi connectivity index (χ1n) is 8.72. The summed E-state index contributed by atoms with van der Waals surface area (Å²) in [6.07, 6.45) is 2.34. The Morgan fingerprint density at radius 3 is 2.70 bits per heavy atom. The van der Waals surface area contributed by atoms with Crippen molar-refractivity contribution in [2.75, 3.05) is 5.32 Å². The first-order chi connectivity index (χ1) is 13.2. The van der Waals surface area contributed by atoms with Gasteiger partial charge in [-0.05, 0) is 31.2 Å². The lowest BCUT2D eigenvalue weighted by Gasteiger charge is -2.07. The predicted octanol–water partition coefficient (Wildman–Crippen LogP) is 4.16. The Kier molecular flexibility index (Phi) is 4.61. The van der Waals surface area contributed by atoms with Gasteiger partial charge in [-0.3, -0.25) is 9.78 Å². The monoisotopic (exact) mass is 358 g/mol. The number of nitrogens with one attached hydrogen (secondary N) is 1. The van der Waals surface area contributed by atoms with E-state index in [0.717, 1.165) is 22.0 Å². The van der Waals surface area contributed by atoms with Gasteiger partial charge in [-0.1, -0.05) is 35.9 Å². The molecule has 0 spiro atoms. The first kappa shape index (κ1) is 16.9. The molecule has 134 valence electrons. The van der Waals surface area contributed by atoms with E-state index in [0.29, 0.717) is 23.9 Å². The molecule has 1 N–H and O–H groups in total. The first-order valence-corrected chi connectivity index (χ1v) is 8.72.